The maximum atomic E-state index is 12.0. The van der Waals surface area contributed by atoms with Crippen LogP contribution in [-0.4, -0.2) is 37.4 Å². The predicted octanol–water partition coefficient (Wildman–Crippen LogP) is 1.06. The molecule has 0 aliphatic heterocycles. The van der Waals surface area contributed by atoms with Crippen LogP contribution < -0.4 is 0 Å². The Labute approximate surface area is 107 Å². The molecule has 1 fully saturated rings. The number of hydrogen-bond acceptors (Lipinski definition) is 5. The predicted molar refractivity (Wildman–Crippen MR) is 64.6 cm³/mol. The summed E-state index contributed by atoms with van der Waals surface area (Å²) in [5.41, 5.74) is -1.32. The smallest absolute Gasteiger partial charge is 0.323 e. The number of aliphatic hydroxyl groups excluding tert-OH is 1. The molecule has 0 bridgehead atoms. The number of aliphatic hydroxyl groups is 1. The van der Waals surface area contributed by atoms with Gasteiger partial charge in [-0.05, 0) is 25.7 Å². The van der Waals surface area contributed by atoms with Crippen molar-refractivity contribution in [3.63, 3.8) is 0 Å². The first-order valence-electron chi connectivity index (χ1n) is 5.99. The normalized spacial score (nSPS) is 26.8. The Kier molecular flexibility index (Phi) is 4.90. The van der Waals surface area contributed by atoms with Gasteiger partial charge < -0.3 is 14.6 Å². The van der Waals surface area contributed by atoms with E-state index in [1.165, 1.54) is 14.2 Å². The third-order valence-corrected chi connectivity index (χ3v) is 3.64. The zero-order chi connectivity index (χ0) is 13.8. The lowest BCUT2D eigenvalue weighted by atomic mass is 9.77. The molecule has 1 saturated carbocycles. The van der Waals surface area contributed by atoms with E-state index < -0.39 is 23.5 Å². The van der Waals surface area contributed by atoms with Crippen molar-refractivity contribution in [1.29, 1.82) is 0 Å². The average molecular weight is 256 g/mol. The molecule has 0 aromatic rings. The van der Waals surface area contributed by atoms with Gasteiger partial charge in [-0.25, -0.2) is 0 Å². The molecule has 0 amide bonds. The van der Waals surface area contributed by atoms with Crippen LogP contribution in [0.15, 0.2) is 12.7 Å². The first kappa shape index (κ1) is 14.7. The second-order valence-electron chi connectivity index (χ2n) is 4.63. The monoisotopic (exact) mass is 256 g/mol. The van der Waals surface area contributed by atoms with Crippen LogP contribution in [-0.2, 0) is 19.1 Å². The largest absolute Gasteiger partial charge is 0.468 e. The number of carbonyl (C=O) groups excluding carboxylic acids is 2. The van der Waals surface area contributed by atoms with Crippen molar-refractivity contribution < 1.29 is 24.2 Å². The fraction of sp³-hybridized carbons (Fsp3) is 0.692. The van der Waals surface area contributed by atoms with Crippen molar-refractivity contribution in [1.82, 2.24) is 0 Å². The fourth-order valence-electron chi connectivity index (χ4n) is 2.55. The van der Waals surface area contributed by atoms with E-state index in [-0.39, 0.29) is 12.3 Å². The van der Waals surface area contributed by atoms with E-state index >= 15 is 0 Å². The highest BCUT2D eigenvalue weighted by molar-refractivity contribution is 6.00. The molecule has 1 N–H and O–H groups in total. The minimum Gasteiger partial charge on any atom is -0.468 e. The molecule has 5 heteroatoms. The Morgan fingerprint density at radius 1 is 1.33 bits per heavy atom. The summed E-state index contributed by atoms with van der Waals surface area (Å²) in [5.74, 6) is -1.52. The van der Waals surface area contributed by atoms with E-state index in [2.05, 4.69) is 6.58 Å². The van der Waals surface area contributed by atoms with E-state index in [0.29, 0.717) is 19.3 Å². The van der Waals surface area contributed by atoms with Gasteiger partial charge in [0.15, 0.2) is 5.41 Å². The second kappa shape index (κ2) is 6.00. The molecular formula is C13H20O5. The molecule has 0 aromatic heterocycles. The van der Waals surface area contributed by atoms with E-state index in [0.717, 1.165) is 0 Å². The van der Waals surface area contributed by atoms with Crippen LogP contribution in [0, 0.1) is 11.3 Å². The maximum absolute atomic E-state index is 12.0. The average Bonchev–Trinajstić information content (AvgIpc) is 2.56. The van der Waals surface area contributed by atoms with Crippen molar-refractivity contribution in [2.45, 2.75) is 31.8 Å². The minimum atomic E-state index is -1.32. The lowest BCUT2D eigenvalue weighted by Gasteiger charge is -2.29. The Balaban J connectivity index is 3.12. The van der Waals surface area contributed by atoms with E-state index in [4.69, 9.17) is 9.47 Å². The Bertz CT molecular complexity index is 320. The minimum absolute atomic E-state index is 0.178. The van der Waals surface area contributed by atoms with Crippen LogP contribution in [0.4, 0.5) is 0 Å². The highest BCUT2D eigenvalue weighted by atomic mass is 16.5. The standard InChI is InChI=1S/C13H20O5/c1-4-9-8-13(11(15)17-2,12(16)18-3)7-5-6-10(9)14/h4,9-10,14H,1,5-8H2,2-3H3/t9-,10-/m1/s1. The van der Waals surface area contributed by atoms with Gasteiger partial charge >= 0.3 is 11.9 Å². The molecule has 1 aliphatic carbocycles. The van der Waals surface area contributed by atoms with Crippen molar-refractivity contribution in [2.24, 2.45) is 11.3 Å². The number of hydrogen-bond donors (Lipinski definition) is 1. The summed E-state index contributed by atoms with van der Waals surface area (Å²) in [6.45, 7) is 3.65. The fourth-order valence-corrected chi connectivity index (χ4v) is 2.55. The number of esters is 2. The van der Waals surface area contributed by atoms with Crippen molar-refractivity contribution in [2.75, 3.05) is 14.2 Å². The second-order valence-corrected chi connectivity index (χ2v) is 4.63. The molecule has 1 rings (SSSR count). The number of methoxy groups -OCH3 is 2. The molecular weight excluding hydrogens is 236 g/mol. The molecule has 1 aliphatic rings. The van der Waals surface area contributed by atoms with Gasteiger partial charge in [0, 0.05) is 5.92 Å². The molecule has 0 aromatic carbocycles. The SMILES string of the molecule is C=C[C@@H]1CC(C(=O)OC)(C(=O)OC)CCC[C@H]1O. The summed E-state index contributed by atoms with van der Waals surface area (Å²) in [4.78, 5) is 23.9. The molecule has 0 saturated heterocycles. The summed E-state index contributed by atoms with van der Waals surface area (Å²) >= 11 is 0. The molecule has 102 valence electrons. The quantitative estimate of drug-likeness (QED) is 0.354. The first-order chi connectivity index (χ1) is 8.51. The van der Waals surface area contributed by atoms with Crippen molar-refractivity contribution in [3.05, 3.63) is 12.7 Å². The first-order valence-corrected chi connectivity index (χ1v) is 5.99. The van der Waals surface area contributed by atoms with E-state index in [1.54, 1.807) is 6.08 Å². The summed E-state index contributed by atoms with van der Waals surface area (Å²) < 4.78 is 9.49. The van der Waals surface area contributed by atoms with Crippen LogP contribution in [0.1, 0.15) is 25.7 Å². The molecule has 0 spiro atoms. The summed E-state index contributed by atoms with van der Waals surface area (Å²) in [5, 5.41) is 9.91. The van der Waals surface area contributed by atoms with Gasteiger partial charge in [0.25, 0.3) is 0 Å². The third kappa shape index (κ3) is 2.56. The van der Waals surface area contributed by atoms with Gasteiger partial charge in [0.2, 0.25) is 0 Å². The Morgan fingerprint density at radius 2 is 1.89 bits per heavy atom. The maximum Gasteiger partial charge on any atom is 0.323 e. The molecule has 2 atom stereocenters. The van der Waals surface area contributed by atoms with Crippen LogP contribution in [0.2, 0.25) is 0 Å². The number of ether oxygens (including phenoxy) is 2. The van der Waals surface area contributed by atoms with Gasteiger partial charge in [0.1, 0.15) is 0 Å². The highest BCUT2D eigenvalue weighted by Gasteiger charge is 2.51. The Morgan fingerprint density at radius 3 is 2.33 bits per heavy atom. The Hall–Kier alpha value is -1.36. The van der Waals surface area contributed by atoms with Crippen LogP contribution in [0.25, 0.3) is 0 Å². The number of rotatable bonds is 3. The molecule has 0 radical (unpaired) electrons. The van der Waals surface area contributed by atoms with Crippen LogP contribution in [0.3, 0.4) is 0 Å². The van der Waals surface area contributed by atoms with Gasteiger partial charge in [-0.15, -0.1) is 6.58 Å². The van der Waals surface area contributed by atoms with Crippen molar-refractivity contribution >= 4 is 11.9 Å². The molecule has 5 nitrogen and oxygen atoms in total. The van der Waals surface area contributed by atoms with Gasteiger partial charge in [0.05, 0.1) is 20.3 Å². The van der Waals surface area contributed by atoms with Crippen LogP contribution in [0.5, 0.6) is 0 Å². The summed E-state index contributed by atoms with van der Waals surface area (Å²) in [6.07, 6.45) is 2.60. The number of carbonyl (C=O) groups is 2. The third-order valence-electron chi connectivity index (χ3n) is 3.64. The molecule has 0 unspecified atom stereocenters. The summed E-state index contributed by atoms with van der Waals surface area (Å²) in [7, 11) is 2.49. The lowest BCUT2D eigenvalue weighted by Crippen LogP contribution is -2.42. The highest BCUT2D eigenvalue weighted by Crippen LogP contribution is 2.40. The molecule has 0 heterocycles. The van der Waals surface area contributed by atoms with Crippen LogP contribution >= 0.6 is 0 Å². The zero-order valence-electron chi connectivity index (χ0n) is 10.8. The topological polar surface area (TPSA) is 72.8 Å². The van der Waals surface area contributed by atoms with E-state index in [9.17, 15) is 14.7 Å². The van der Waals surface area contributed by atoms with Gasteiger partial charge in [-0.2, -0.15) is 0 Å². The summed E-state index contributed by atoms with van der Waals surface area (Å²) in [6, 6.07) is 0. The van der Waals surface area contributed by atoms with E-state index in [1.807, 2.05) is 0 Å². The van der Waals surface area contributed by atoms with Crippen molar-refractivity contribution in [3.8, 4) is 0 Å². The lowest BCUT2D eigenvalue weighted by molar-refractivity contribution is -0.171. The molecule has 18 heavy (non-hydrogen) atoms. The van der Waals surface area contributed by atoms with Gasteiger partial charge in [-0.1, -0.05) is 6.08 Å². The van der Waals surface area contributed by atoms with Gasteiger partial charge in [-0.3, -0.25) is 9.59 Å². The zero-order valence-corrected chi connectivity index (χ0v) is 10.8.